The van der Waals surface area contributed by atoms with E-state index in [1.165, 1.54) is 0 Å². The Morgan fingerprint density at radius 2 is 1.93 bits per heavy atom. The van der Waals surface area contributed by atoms with Crippen molar-refractivity contribution in [2.24, 2.45) is 21.4 Å². The fourth-order valence-electron chi connectivity index (χ4n) is 3.51. The zero-order valence-corrected chi connectivity index (χ0v) is 9.37. The van der Waals surface area contributed by atoms with E-state index in [0.717, 1.165) is 6.42 Å². The summed E-state index contributed by atoms with van der Waals surface area (Å²) in [5.74, 6) is -0.755. The minimum Gasteiger partial charge on any atom is -0.481 e. The van der Waals surface area contributed by atoms with Crippen molar-refractivity contribution in [1.29, 1.82) is 0 Å². The summed E-state index contributed by atoms with van der Waals surface area (Å²) in [5, 5.41) is 21.7. The van der Waals surface area contributed by atoms with E-state index in [0.29, 0.717) is 18.6 Å². The summed E-state index contributed by atoms with van der Waals surface area (Å²) >= 11 is 0. The SMILES string of the molecule is CC1(C)[C@@]2(C(=O)O)CC[C@@]1(C)/C(=N\O)C2. The van der Waals surface area contributed by atoms with E-state index in [1.54, 1.807) is 0 Å². The highest BCUT2D eigenvalue weighted by Gasteiger charge is 2.72. The lowest BCUT2D eigenvalue weighted by molar-refractivity contribution is -0.154. The molecule has 0 heterocycles. The topological polar surface area (TPSA) is 69.9 Å². The van der Waals surface area contributed by atoms with Crippen molar-refractivity contribution in [3.05, 3.63) is 0 Å². The minimum atomic E-state index is -0.755. The van der Waals surface area contributed by atoms with E-state index in [1.807, 2.05) is 20.8 Å². The van der Waals surface area contributed by atoms with Crippen LogP contribution in [-0.4, -0.2) is 22.0 Å². The van der Waals surface area contributed by atoms with Gasteiger partial charge in [0, 0.05) is 11.8 Å². The number of aliphatic carboxylic acids is 1. The molecule has 2 fully saturated rings. The molecule has 0 radical (unpaired) electrons. The molecule has 2 rings (SSSR count). The number of fused-ring (bicyclic) bond motifs is 2. The van der Waals surface area contributed by atoms with Gasteiger partial charge in [-0.15, -0.1) is 0 Å². The lowest BCUT2D eigenvalue weighted by atomic mass is 9.65. The Balaban J connectivity index is 2.61. The number of rotatable bonds is 1. The van der Waals surface area contributed by atoms with E-state index < -0.39 is 11.4 Å². The summed E-state index contributed by atoms with van der Waals surface area (Å²) in [7, 11) is 0. The molecular weight excluding hydrogens is 194 g/mol. The molecule has 84 valence electrons. The third kappa shape index (κ3) is 0.840. The van der Waals surface area contributed by atoms with Crippen LogP contribution in [0, 0.1) is 16.2 Å². The number of carboxylic acids is 1. The molecule has 4 nitrogen and oxygen atoms in total. The van der Waals surface area contributed by atoms with E-state index in [4.69, 9.17) is 5.21 Å². The molecule has 2 aliphatic carbocycles. The Kier molecular flexibility index (Phi) is 1.77. The summed E-state index contributed by atoms with van der Waals surface area (Å²) in [6, 6.07) is 0. The number of oxime groups is 1. The third-order valence-corrected chi connectivity index (χ3v) is 5.26. The average molecular weight is 211 g/mol. The molecule has 0 aromatic heterocycles. The van der Waals surface area contributed by atoms with Gasteiger partial charge < -0.3 is 10.3 Å². The van der Waals surface area contributed by atoms with Gasteiger partial charge in [0.15, 0.2) is 0 Å². The second-order valence-corrected chi connectivity index (χ2v) is 5.57. The number of nitrogens with zero attached hydrogens (tertiary/aromatic N) is 1. The summed E-state index contributed by atoms with van der Waals surface area (Å²) in [4.78, 5) is 11.5. The predicted octanol–water partition coefficient (Wildman–Crippen LogP) is 2.12. The Bertz CT molecular complexity index is 361. The van der Waals surface area contributed by atoms with Gasteiger partial charge in [0.25, 0.3) is 0 Å². The molecule has 0 spiro atoms. The van der Waals surface area contributed by atoms with Gasteiger partial charge >= 0.3 is 5.97 Å². The highest BCUT2D eigenvalue weighted by molar-refractivity contribution is 6.00. The highest BCUT2D eigenvalue weighted by Crippen LogP contribution is 2.70. The zero-order chi connectivity index (χ0) is 11.5. The standard InChI is InChI=1S/C11H17NO3/c1-9(2)10(3)4-5-11(9,8(13)14)6-7(10)12-15/h15H,4-6H2,1-3H3,(H,13,14)/b12-7-/t10-,11-/m0/s1. The van der Waals surface area contributed by atoms with Crippen LogP contribution in [0.3, 0.4) is 0 Å². The first-order valence-electron chi connectivity index (χ1n) is 5.27. The first-order chi connectivity index (χ1) is 6.82. The Labute approximate surface area is 89.0 Å². The van der Waals surface area contributed by atoms with Gasteiger partial charge in [0.2, 0.25) is 0 Å². The van der Waals surface area contributed by atoms with Crippen LogP contribution in [0.5, 0.6) is 0 Å². The van der Waals surface area contributed by atoms with Crippen molar-refractivity contribution < 1.29 is 15.1 Å². The van der Waals surface area contributed by atoms with Crippen LogP contribution in [0.4, 0.5) is 0 Å². The van der Waals surface area contributed by atoms with Gasteiger partial charge in [0.1, 0.15) is 0 Å². The number of carbonyl (C=O) groups is 1. The van der Waals surface area contributed by atoms with Crippen LogP contribution in [-0.2, 0) is 4.79 Å². The summed E-state index contributed by atoms with van der Waals surface area (Å²) < 4.78 is 0. The predicted molar refractivity (Wildman–Crippen MR) is 55.0 cm³/mol. The summed E-state index contributed by atoms with van der Waals surface area (Å²) in [5.41, 5.74) is -0.683. The average Bonchev–Trinajstić information content (AvgIpc) is 2.46. The molecule has 0 saturated heterocycles. The van der Waals surface area contributed by atoms with Gasteiger partial charge in [0.05, 0.1) is 11.1 Å². The summed E-state index contributed by atoms with van der Waals surface area (Å²) in [6.07, 6.45) is 1.87. The second-order valence-electron chi connectivity index (χ2n) is 5.57. The summed E-state index contributed by atoms with van der Waals surface area (Å²) in [6.45, 7) is 5.97. The minimum absolute atomic E-state index is 0.264. The second kappa shape index (κ2) is 2.54. The molecule has 2 aliphatic rings. The molecule has 15 heavy (non-hydrogen) atoms. The molecule has 2 bridgehead atoms. The van der Waals surface area contributed by atoms with Crippen molar-refractivity contribution in [2.45, 2.75) is 40.0 Å². The monoisotopic (exact) mass is 211 g/mol. The van der Waals surface area contributed by atoms with Gasteiger partial charge in [-0.1, -0.05) is 25.9 Å². The lowest BCUT2D eigenvalue weighted by Crippen LogP contribution is -2.40. The first kappa shape index (κ1) is 10.5. The molecule has 2 N–H and O–H groups in total. The lowest BCUT2D eigenvalue weighted by Gasteiger charge is -2.37. The Morgan fingerprint density at radius 1 is 1.33 bits per heavy atom. The molecule has 0 unspecified atom stereocenters. The maximum Gasteiger partial charge on any atom is 0.310 e. The van der Waals surface area contributed by atoms with E-state index >= 15 is 0 Å². The van der Waals surface area contributed by atoms with Gasteiger partial charge in [-0.25, -0.2) is 0 Å². The largest absolute Gasteiger partial charge is 0.481 e. The molecule has 4 heteroatoms. The van der Waals surface area contributed by atoms with Crippen LogP contribution in [0.25, 0.3) is 0 Å². The van der Waals surface area contributed by atoms with E-state index in [9.17, 15) is 9.90 Å². The Morgan fingerprint density at radius 3 is 2.27 bits per heavy atom. The van der Waals surface area contributed by atoms with Gasteiger partial charge in [-0.05, 0) is 18.3 Å². The number of carboxylic acid groups (broad SMARTS) is 1. The molecule has 2 saturated carbocycles. The molecule has 0 aromatic rings. The van der Waals surface area contributed by atoms with Crippen molar-refractivity contribution in [1.82, 2.24) is 0 Å². The Hall–Kier alpha value is -1.06. The van der Waals surface area contributed by atoms with Crippen molar-refractivity contribution in [3.63, 3.8) is 0 Å². The van der Waals surface area contributed by atoms with Crippen LogP contribution < -0.4 is 0 Å². The normalized spacial score (nSPS) is 44.9. The first-order valence-corrected chi connectivity index (χ1v) is 5.27. The molecule has 0 aliphatic heterocycles. The van der Waals surface area contributed by atoms with Crippen LogP contribution in [0.1, 0.15) is 40.0 Å². The molecule has 2 atom stereocenters. The highest BCUT2D eigenvalue weighted by atomic mass is 16.4. The van der Waals surface area contributed by atoms with Crippen molar-refractivity contribution >= 4 is 11.7 Å². The quantitative estimate of drug-likeness (QED) is 0.515. The fraction of sp³-hybridized carbons (Fsp3) is 0.818. The molecular formula is C11H17NO3. The van der Waals surface area contributed by atoms with Crippen LogP contribution in [0.15, 0.2) is 5.16 Å². The van der Waals surface area contributed by atoms with E-state index in [2.05, 4.69) is 5.16 Å². The van der Waals surface area contributed by atoms with Crippen molar-refractivity contribution in [2.75, 3.05) is 0 Å². The third-order valence-electron chi connectivity index (χ3n) is 5.26. The van der Waals surface area contributed by atoms with Crippen LogP contribution in [0.2, 0.25) is 0 Å². The van der Waals surface area contributed by atoms with E-state index in [-0.39, 0.29) is 10.8 Å². The van der Waals surface area contributed by atoms with Crippen molar-refractivity contribution in [3.8, 4) is 0 Å². The fourth-order valence-corrected chi connectivity index (χ4v) is 3.51. The molecule has 0 amide bonds. The maximum atomic E-state index is 11.5. The zero-order valence-electron chi connectivity index (χ0n) is 9.37. The smallest absolute Gasteiger partial charge is 0.310 e. The number of hydrogen-bond acceptors (Lipinski definition) is 3. The van der Waals surface area contributed by atoms with Crippen LogP contribution >= 0.6 is 0 Å². The van der Waals surface area contributed by atoms with Gasteiger partial charge in [-0.2, -0.15) is 0 Å². The number of hydrogen-bond donors (Lipinski definition) is 2. The molecule has 0 aromatic carbocycles. The maximum absolute atomic E-state index is 11.5. The van der Waals surface area contributed by atoms with Gasteiger partial charge in [-0.3, -0.25) is 4.79 Å².